The van der Waals surface area contributed by atoms with Crippen LogP contribution in [0.25, 0.3) is 0 Å². The van der Waals surface area contributed by atoms with E-state index in [-0.39, 0.29) is 11.4 Å². The molecule has 88 valence electrons. The second kappa shape index (κ2) is 5.07. The number of halogens is 4. The number of benzene rings is 1. The van der Waals surface area contributed by atoms with E-state index in [1.54, 1.807) is 0 Å². The van der Waals surface area contributed by atoms with Gasteiger partial charge in [0.05, 0.1) is 5.88 Å². The highest BCUT2D eigenvalue weighted by Gasteiger charge is 2.20. The Kier molecular flexibility index (Phi) is 4.00. The minimum Gasteiger partial charge on any atom is -0.478 e. The highest BCUT2D eigenvalue weighted by atomic mass is 35.5. The molecule has 0 amide bonds. The van der Waals surface area contributed by atoms with Crippen molar-refractivity contribution in [3.63, 3.8) is 0 Å². The molecule has 0 saturated carbocycles. The zero-order chi connectivity index (χ0) is 12.3. The summed E-state index contributed by atoms with van der Waals surface area (Å²) >= 11 is 5.38. The lowest BCUT2D eigenvalue weighted by atomic mass is 10.1. The van der Waals surface area contributed by atoms with E-state index in [9.17, 15) is 18.0 Å². The van der Waals surface area contributed by atoms with Gasteiger partial charge in [0, 0.05) is 5.56 Å². The average Bonchev–Trinajstić information content (AvgIpc) is 2.19. The molecule has 0 unspecified atom stereocenters. The van der Waals surface area contributed by atoms with E-state index in [0.717, 1.165) is 6.07 Å². The lowest BCUT2D eigenvalue weighted by Gasteiger charge is -2.11. The monoisotopic (exact) mass is 254 g/mol. The summed E-state index contributed by atoms with van der Waals surface area (Å²) in [7, 11) is 0. The van der Waals surface area contributed by atoms with Crippen LogP contribution in [-0.2, 0) is 5.88 Å². The van der Waals surface area contributed by atoms with Gasteiger partial charge in [0.2, 0.25) is 0 Å². The Hall–Kier alpha value is -1.43. The number of carboxylic acid groups (broad SMARTS) is 1. The number of hydrogen-bond donors (Lipinski definition) is 1. The number of aromatic carboxylic acids is 1. The number of ether oxygens (including phenoxy) is 1. The predicted octanol–water partition coefficient (Wildman–Crippen LogP) is 2.86. The summed E-state index contributed by atoms with van der Waals surface area (Å²) in [4.78, 5) is 10.7. The largest absolute Gasteiger partial charge is 0.478 e. The molecule has 0 spiro atoms. The van der Waals surface area contributed by atoms with Crippen molar-refractivity contribution in [1.82, 2.24) is 0 Å². The van der Waals surface area contributed by atoms with Gasteiger partial charge in [-0.15, -0.1) is 11.6 Å². The van der Waals surface area contributed by atoms with Crippen LogP contribution in [0.3, 0.4) is 0 Å². The number of hydrogen-bond acceptors (Lipinski definition) is 2. The number of alkyl halides is 3. The Balaban J connectivity index is 3.33. The molecular formula is C9H6ClF3O3. The quantitative estimate of drug-likeness (QED) is 0.841. The third-order valence-corrected chi connectivity index (χ3v) is 2.00. The fourth-order valence-electron chi connectivity index (χ4n) is 1.14. The first kappa shape index (κ1) is 12.6. The third-order valence-electron chi connectivity index (χ3n) is 1.71. The lowest BCUT2D eigenvalue weighted by molar-refractivity contribution is -0.0508. The Bertz CT molecular complexity index is 409. The summed E-state index contributed by atoms with van der Waals surface area (Å²) in [6, 6.07) is 1.44. The average molecular weight is 255 g/mol. The van der Waals surface area contributed by atoms with E-state index < -0.39 is 29.7 Å². The first-order chi connectivity index (χ1) is 7.45. The van der Waals surface area contributed by atoms with Crippen LogP contribution in [0.2, 0.25) is 0 Å². The summed E-state index contributed by atoms with van der Waals surface area (Å²) in [5, 5.41) is 8.69. The smallest absolute Gasteiger partial charge is 0.387 e. The van der Waals surface area contributed by atoms with Gasteiger partial charge in [0.1, 0.15) is 17.1 Å². The highest BCUT2D eigenvalue weighted by molar-refractivity contribution is 6.17. The van der Waals surface area contributed by atoms with Crippen molar-refractivity contribution in [3.8, 4) is 5.75 Å². The van der Waals surface area contributed by atoms with Crippen LogP contribution in [-0.4, -0.2) is 17.7 Å². The Morgan fingerprint density at radius 2 is 2.12 bits per heavy atom. The fraction of sp³-hybridized carbons (Fsp3) is 0.222. The predicted molar refractivity (Wildman–Crippen MR) is 49.5 cm³/mol. The van der Waals surface area contributed by atoms with Crippen molar-refractivity contribution in [3.05, 3.63) is 29.1 Å². The van der Waals surface area contributed by atoms with Crippen molar-refractivity contribution in [2.45, 2.75) is 12.5 Å². The zero-order valence-electron chi connectivity index (χ0n) is 7.71. The van der Waals surface area contributed by atoms with Gasteiger partial charge in [0.25, 0.3) is 0 Å². The first-order valence-electron chi connectivity index (χ1n) is 4.02. The summed E-state index contributed by atoms with van der Waals surface area (Å²) in [5.41, 5.74) is -0.824. The molecule has 1 rings (SSSR count). The third kappa shape index (κ3) is 2.79. The van der Waals surface area contributed by atoms with Gasteiger partial charge in [-0.2, -0.15) is 8.78 Å². The van der Waals surface area contributed by atoms with E-state index in [0.29, 0.717) is 6.07 Å². The van der Waals surface area contributed by atoms with E-state index in [4.69, 9.17) is 16.7 Å². The van der Waals surface area contributed by atoms with Gasteiger partial charge in [-0.05, 0) is 12.1 Å². The van der Waals surface area contributed by atoms with Gasteiger partial charge in [-0.1, -0.05) is 0 Å². The molecule has 1 aromatic carbocycles. The first-order valence-corrected chi connectivity index (χ1v) is 4.55. The summed E-state index contributed by atoms with van der Waals surface area (Å²) in [5.74, 6) is -3.39. The fourth-order valence-corrected chi connectivity index (χ4v) is 1.33. The number of rotatable bonds is 4. The molecule has 0 saturated heterocycles. The molecule has 0 aliphatic carbocycles. The lowest BCUT2D eigenvalue weighted by Crippen LogP contribution is -2.10. The van der Waals surface area contributed by atoms with E-state index in [2.05, 4.69) is 4.74 Å². The van der Waals surface area contributed by atoms with Crippen LogP contribution in [0, 0.1) is 5.82 Å². The molecule has 0 bridgehead atoms. The van der Waals surface area contributed by atoms with Crippen molar-refractivity contribution in [1.29, 1.82) is 0 Å². The Labute approximate surface area is 93.4 Å². The van der Waals surface area contributed by atoms with Crippen molar-refractivity contribution in [2.75, 3.05) is 0 Å². The standard InChI is InChI=1S/C9H6ClF3O3/c10-3-4-1-5(11)2-6(8(14)15)7(4)16-9(12)13/h1-2,9H,3H2,(H,14,15). The maximum atomic E-state index is 12.9. The molecule has 16 heavy (non-hydrogen) atoms. The zero-order valence-corrected chi connectivity index (χ0v) is 8.47. The van der Waals surface area contributed by atoms with Crippen molar-refractivity contribution in [2.24, 2.45) is 0 Å². The molecule has 0 fully saturated rings. The van der Waals surface area contributed by atoms with E-state index in [1.165, 1.54) is 0 Å². The van der Waals surface area contributed by atoms with Crippen LogP contribution in [0.15, 0.2) is 12.1 Å². The molecule has 0 aromatic heterocycles. The molecule has 0 radical (unpaired) electrons. The molecular weight excluding hydrogens is 249 g/mol. The van der Waals surface area contributed by atoms with Gasteiger partial charge in [-0.3, -0.25) is 0 Å². The molecule has 7 heteroatoms. The summed E-state index contributed by atoms with van der Waals surface area (Å²) in [6.45, 7) is -3.20. The number of carbonyl (C=O) groups is 1. The maximum absolute atomic E-state index is 12.9. The van der Waals surface area contributed by atoms with Gasteiger partial charge >= 0.3 is 12.6 Å². The normalized spacial score (nSPS) is 10.6. The maximum Gasteiger partial charge on any atom is 0.387 e. The molecule has 0 aliphatic heterocycles. The van der Waals surface area contributed by atoms with E-state index in [1.807, 2.05) is 0 Å². The Morgan fingerprint density at radius 1 is 1.50 bits per heavy atom. The molecule has 0 heterocycles. The van der Waals surface area contributed by atoms with Crippen molar-refractivity contribution < 1.29 is 27.8 Å². The van der Waals surface area contributed by atoms with Gasteiger partial charge in [-0.25, -0.2) is 9.18 Å². The second-order valence-electron chi connectivity index (χ2n) is 2.76. The van der Waals surface area contributed by atoms with Crippen LogP contribution in [0.5, 0.6) is 5.75 Å². The molecule has 1 aromatic rings. The van der Waals surface area contributed by atoms with Crippen LogP contribution in [0.1, 0.15) is 15.9 Å². The van der Waals surface area contributed by atoms with E-state index >= 15 is 0 Å². The minimum absolute atomic E-state index is 0.139. The van der Waals surface area contributed by atoms with Crippen LogP contribution in [0.4, 0.5) is 13.2 Å². The highest BCUT2D eigenvalue weighted by Crippen LogP contribution is 2.28. The molecule has 1 N–H and O–H groups in total. The minimum atomic E-state index is -3.20. The van der Waals surface area contributed by atoms with Crippen molar-refractivity contribution >= 4 is 17.6 Å². The summed E-state index contributed by atoms with van der Waals surface area (Å²) < 4.78 is 41.0. The molecule has 0 atom stereocenters. The molecule has 0 aliphatic rings. The SMILES string of the molecule is O=C(O)c1cc(F)cc(CCl)c1OC(F)F. The molecule has 3 nitrogen and oxygen atoms in total. The van der Waals surface area contributed by atoms with Gasteiger partial charge < -0.3 is 9.84 Å². The number of carboxylic acids is 1. The van der Waals surface area contributed by atoms with Gasteiger partial charge in [0.15, 0.2) is 0 Å². The van der Waals surface area contributed by atoms with Crippen LogP contribution < -0.4 is 4.74 Å². The summed E-state index contributed by atoms with van der Waals surface area (Å²) in [6.07, 6.45) is 0. The topological polar surface area (TPSA) is 46.5 Å². The Morgan fingerprint density at radius 3 is 2.56 bits per heavy atom. The second-order valence-corrected chi connectivity index (χ2v) is 3.03. The van der Waals surface area contributed by atoms with Crippen LogP contribution >= 0.6 is 11.6 Å².